The molecule has 2 N–H and O–H groups in total. The van der Waals surface area contributed by atoms with E-state index >= 15 is 0 Å². The Morgan fingerprint density at radius 2 is 1.90 bits per heavy atom. The van der Waals surface area contributed by atoms with Gasteiger partial charge in [0, 0.05) is 4.47 Å². The van der Waals surface area contributed by atoms with Crippen LogP contribution in [0.4, 0.5) is 10.1 Å². The summed E-state index contributed by atoms with van der Waals surface area (Å²) in [6.45, 7) is 0. The Morgan fingerprint density at radius 1 is 1.19 bits per heavy atom. The number of nitrogens with one attached hydrogen (secondary N) is 1. The van der Waals surface area contributed by atoms with Crippen LogP contribution in [0.5, 0.6) is 0 Å². The highest BCUT2D eigenvalue weighted by atomic mass is 79.9. The maximum atomic E-state index is 13.5. The van der Waals surface area contributed by atoms with Crippen LogP contribution in [0.3, 0.4) is 0 Å². The molecule has 2 aromatic carbocycles. The Hall–Kier alpha value is -2.21. The molecule has 0 spiro atoms. The van der Waals surface area contributed by atoms with Crippen molar-refractivity contribution in [3.63, 3.8) is 0 Å². The van der Waals surface area contributed by atoms with Gasteiger partial charge in [-0.3, -0.25) is 4.79 Å². The van der Waals surface area contributed by atoms with Crippen molar-refractivity contribution in [2.24, 2.45) is 0 Å². The van der Waals surface area contributed by atoms with E-state index in [4.69, 9.17) is 5.11 Å². The first-order chi connectivity index (χ1) is 9.97. The molecule has 108 valence electrons. The van der Waals surface area contributed by atoms with Crippen molar-refractivity contribution >= 4 is 33.5 Å². The summed E-state index contributed by atoms with van der Waals surface area (Å²) in [4.78, 5) is 23.0. The highest BCUT2D eigenvalue weighted by Crippen LogP contribution is 2.22. The first-order valence-corrected chi connectivity index (χ1v) is 6.83. The predicted octanol–water partition coefficient (Wildman–Crippen LogP) is 3.47. The van der Waals surface area contributed by atoms with E-state index in [-0.39, 0.29) is 23.2 Å². The lowest BCUT2D eigenvalue weighted by atomic mass is 10.1. The normalized spacial score (nSPS) is 10.2. The van der Waals surface area contributed by atoms with Crippen molar-refractivity contribution in [3.05, 3.63) is 63.9 Å². The number of carbonyl (C=O) groups excluding carboxylic acids is 1. The second kappa shape index (κ2) is 6.49. The van der Waals surface area contributed by atoms with E-state index in [2.05, 4.69) is 21.2 Å². The zero-order valence-corrected chi connectivity index (χ0v) is 12.4. The van der Waals surface area contributed by atoms with Crippen molar-refractivity contribution in [1.82, 2.24) is 0 Å². The molecule has 0 heterocycles. The fourth-order valence-electron chi connectivity index (χ4n) is 1.82. The van der Waals surface area contributed by atoms with Gasteiger partial charge < -0.3 is 10.4 Å². The molecular formula is C15H11BrFNO3. The van der Waals surface area contributed by atoms with Crippen LogP contribution in [0.25, 0.3) is 0 Å². The standard InChI is InChI=1S/C15H11BrFNO3/c16-10-5-6-11(15(20)21)13(8-10)18-14(19)7-9-3-1-2-4-12(9)17/h1-6,8H,7H2,(H,18,19)(H,20,21). The van der Waals surface area contributed by atoms with Gasteiger partial charge in [-0.2, -0.15) is 0 Å². The number of halogens is 2. The number of benzene rings is 2. The van der Waals surface area contributed by atoms with Gasteiger partial charge in [0.25, 0.3) is 0 Å². The summed E-state index contributed by atoms with van der Waals surface area (Å²) in [5.74, 6) is -2.11. The molecule has 2 aromatic rings. The van der Waals surface area contributed by atoms with Gasteiger partial charge >= 0.3 is 5.97 Å². The van der Waals surface area contributed by atoms with E-state index in [1.165, 1.54) is 30.3 Å². The number of carboxylic acid groups (broad SMARTS) is 1. The molecule has 6 heteroatoms. The van der Waals surface area contributed by atoms with Crippen LogP contribution in [-0.2, 0) is 11.2 Å². The van der Waals surface area contributed by atoms with Crippen LogP contribution in [-0.4, -0.2) is 17.0 Å². The molecule has 0 saturated carbocycles. The number of carboxylic acids is 1. The first-order valence-electron chi connectivity index (χ1n) is 6.03. The summed E-state index contributed by atoms with van der Waals surface area (Å²) in [5, 5.41) is 11.6. The van der Waals surface area contributed by atoms with E-state index in [0.717, 1.165) is 0 Å². The monoisotopic (exact) mass is 351 g/mol. The molecule has 21 heavy (non-hydrogen) atoms. The van der Waals surface area contributed by atoms with E-state index in [1.807, 2.05) is 0 Å². The molecule has 0 bridgehead atoms. The first kappa shape index (κ1) is 15.2. The summed E-state index contributed by atoms with van der Waals surface area (Å²) < 4.78 is 14.1. The lowest BCUT2D eigenvalue weighted by Gasteiger charge is -2.09. The Balaban J connectivity index is 2.18. The van der Waals surface area contributed by atoms with Gasteiger partial charge in [-0.05, 0) is 29.8 Å². The van der Waals surface area contributed by atoms with Gasteiger partial charge in [0.1, 0.15) is 5.82 Å². The highest BCUT2D eigenvalue weighted by molar-refractivity contribution is 9.10. The Morgan fingerprint density at radius 3 is 2.57 bits per heavy atom. The summed E-state index contributed by atoms with van der Waals surface area (Å²) in [6.07, 6.45) is -0.168. The molecule has 0 aliphatic heterocycles. The predicted molar refractivity (Wildman–Crippen MR) is 79.8 cm³/mol. The lowest BCUT2D eigenvalue weighted by molar-refractivity contribution is -0.115. The van der Waals surface area contributed by atoms with Crippen LogP contribution >= 0.6 is 15.9 Å². The molecule has 0 aliphatic rings. The van der Waals surface area contributed by atoms with Crippen LogP contribution in [0, 0.1) is 5.82 Å². The fourth-order valence-corrected chi connectivity index (χ4v) is 2.18. The van der Waals surface area contributed by atoms with E-state index in [1.54, 1.807) is 12.1 Å². The van der Waals surface area contributed by atoms with Crippen molar-refractivity contribution < 1.29 is 19.1 Å². The average molecular weight is 352 g/mol. The minimum atomic E-state index is -1.15. The Kier molecular flexibility index (Phi) is 4.70. The second-order valence-electron chi connectivity index (χ2n) is 4.31. The topological polar surface area (TPSA) is 66.4 Å². The van der Waals surface area contributed by atoms with Crippen molar-refractivity contribution in [3.8, 4) is 0 Å². The van der Waals surface area contributed by atoms with Crippen LogP contribution in [0.1, 0.15) is 15.9 Å². The SMILES string of the molecule is O=C(Cc1ccccc1F)Nc1cc(Br)ccc1C(=O)O. The maximum absolute atomic E-state index is 13.5. The maximum Gasteiger partial charge on any atom is 0.337 e. The molecule has 0 fully saturated rings. The largest absolute Gasteiger partial charge is 0.478 e. The minimum Gasteiger partial charge on any atom is -0.478 e. The third-order valence-electron chi connectivity index (χ3n) is 2.79. The molecule has 0 saturated heterocycles. The molecule has 0 unspecified atom stereocenters. The van der Waals surface area contributed by atoms with Gasteiger partial charge in [-0.1, -0.05) is 34.1 Å². The van der Waals surface area contributed by atoms with E-state index in [0.29, 0.717) is 4.47 Å². The van der Waals surface area contributed by atoms with Crippen molar-refractivity contribution in [2.45, 2.75) is 6.42 Å². The van der Waals surface area contributed by atoms with Crippen molar-refractivity contribution in [2.75, 3.05) is 5.32 Å². The molecule has 0 aromatic heterocycles. The number of anilines is 1. The van der Waals surface area contributed by atoms with Gasteiger partial charge in [0.05, 0.1) is 17.7 Å². The van der Waals surface area contributed by atoms with Gasteiger partial charge in [0.15, 0.2) is 0 Å². The number of amides is 1. The quantitative estimate of drug-likeness (QED) is 0.886. The highest BCUT2D eigenvalue weighted by Gasteiger charge is 2.14. The summed E-state index contributed by atoms with van der Waals surface area (Å²) >= 11 is 3.21. The van der Waals surface area contributed by atoms with E-state index in [9.17, 15) is 14.0 Å². The Labute approximate surface area is 128 Å². The smallest absolute Gasteiger partial charge is 0.337 e. The third-order valence-corrected chi connectivity index (χ3v) is 3.29. The third kappa shape index (κ3) is 3.88. The second-order valence-corrected chi connectivity index (χ2v) is 5.23. The zero-order valence-electron chi connectivity index (χ0n) is 10.8. The molecular weight excluding hydrogens is 341 g/mol. The number of rotatable bonds is 4. The summed E-state index contributed by atoms with van der Waals surface area (Å²) in [6, 6.07) is 10.4. The van der Waals surface area contributed by atoms with Gasteiger partial charge in [-0.15, -0.1) is 0 Å². The number of aromatic carboxylic acids is 1. The molecule has 0 radical (unpaired) electrons. The number of hydrogen-bond donors (Lipinski definition) is 2. The summed E-state index contributed by atoms with van der Waals surface area (Å²) in [5.41, 5.74) is 0.389. The molecule has 0 atom stereocenters. The number of carbonyl (C=O) groups is 2. The lowest BCUT2D eigenvalue weighted by Crippen LogP contribution is -2.17. The number of hydrogen-bond acceptors (Lipinski definition) is 2. The van der Waals surface area contributed by atoms with Crippen LogP contribution in [0.15, 0.2) is 46.9 Å². The van der Waals surface area contributed by atoms with Gasteiger partial charge in [0.2, 0.25) is 5.91 Å². The Bertz CT molecular complexity index is 703. The molecule has 1 amide bonds. The average Bonchev–Trinajstić information content (AvgIpc) is 2.41. The molecule has 4 nitrogen and oxygen atoms in total. The van der Waals surface area contributed by atoms with Crippen LogP contribution in [0.2, 0.25) is 0 Å². The minimum absolute atomic E-state index is 0.0277. The van der Waals surface area contributed by atoms with E-state index < -0.39 is 17.7 Å². The fraction of sp³-hybridized carbons (Fsp3) is 0.0667. The molecule has 0 aliphatic carbocycles. The van der Waals surface area contributed by atoms with Gasteiger partial charge in [-0.25, -0.2) is 9.18 Å². The summed E-state index contributed by atoms with van der Waals surface area (Å²) in [7, 11) is 0. The van der Waals surface area contributed by atoms with Crippen LogP contribution < -0.4 is 5.32 Å². The zero-order chi connectivity index (χ0) is 15.4. The van der Waals surface area contributed by atoms with Crippen molar-refractivity contribution in [1.29, 1.82) is 0 Å². The molecule has 2 rings (SSSR count).